The van der Waals surface area contributed by atoms with Crippen LogP contribution in [0.5, 0.6) is 0 Å². The summed E-state index contributed by atoms with van der Waals surface area (Å²) >= 11 is 7.26. The number of benzene rings is 1. The predicted octanol–water partition coefficient (Wildman–Crippen LogP) is 4.09. The number of aryl methyl sites for hydroxylation is 1. The van der Waals surface area contributed by atoms with Gasteiger partial charge in [0.2, 0.25) is 0 Å². The lowest BCUT2D eigenvalue weighted by Crippen LogP contribution is -2.38. The molecule has 3 rings (SSSR count). The fraction of sp³-hybridized carbons (Fsp3) is 0.278. The summed E-state index contributed by atoms with van der Waals surface area (Å²) in [7, 11) is 1.89. The Morgan fingerprint density at radius 3 is 2.83 bits per heavy atom. The van der Waals surface area contributed by atoms with Crippen LogP contribution in [0.25, 0.3) is 10.9 Å². The summed E-state index contributed by atoms with van der Waals surface area (Å²) < 4.78 is 0. The van der Waals surface area contributed by atoms with E-state index in [9.17, 15) is 0 Å². The van der Waals surface area contributed by atoms with Gasteiger partial charge in [0.25, 0.3) is 0 Å². The highest BCUT2D eigenvalue weighted by molar-refractivity contribution is 7.80. The topological polar surface area (TPSA) is 31.1 Å². The van der Waals surface area contributed by atoms with E-state index < -0.39 is 0 Å². The maximum atomic E-state index is 5.48. The molecule has 2 aromatic heterocycles. The molecule has 1 aromatic carbocycles. The number of thiocarbonyl (C=S) groups is 1. The Kier molecular flexibility index (Phi) is 4.98. The molecule has 0 aliphatic carbocycles. The van der Waals surface area contributed by atoms with E-state index >= 15 is 0 Å². The largest absolute Gasteiger partial charge is 0.366 e. The Bertz CT molecular complexity index is 790. The lowest BCUT2D eigenvalue weighted by Gasteiger charge is -2.24. The van der Waals surface area contributed by atoms with Gasteiger partial charge in [-0.3, -0.25) is 0 Å². The number of nitrogens with zero attached hydrogens (tertiary/aromatic N) is 1. The molecule has 0 amide bonds. The smallest absolute Gasteiger partial charge is 0.169 e. The minimum Gasteiger partial charge on any atom is -0.366 e. The molecule has 0 saturated carbocycles. The average Bonchev–Trinajstić information content (AvgIpc) is 3.18. The van der Waals surface area contributed by atoms with E-state index in [-0.39, 0.29) is 0 Å². The maximum Gasteiger partial charge on any atom is 0.169 e. The van der Waals surface area contributed by atoms with E-state index in [0.29, 0.717) is 0 Å². The maximum absolute atomic E-state index is 5.48. The van der Waals surface area contributed by atoms with Gasteiger partial charge in [-0.05, 0) is 48.6 Å². The van der Waals surface area contributed by atoms with Crippen LogP contribution in [-0.4, -0.2) is 28.6 Å². The van der Waals surface area contributed by atoms with Crippen LogP contribution in [-0.2, 0) is 13.0 Å². The zero-order valence-corrected chi connectivity index (χ0v) is 15.1. The summed E-state index contributed by atoms with van der Waals surface area (Å²) in [6, 6.07) is 12.7. The SMILES string of the molecule is CNC(=S)N(CCc1c(C)[nH]c2ccccc12)Cc1cccs1. The summed E-state index contributed by atoms with van der Waals surface area (Å²) in [5, 5.41) is 7.34. The highest BCUT2D eigenvalue weighted by Crippen LogP contribution is 2.23. The first-order chi connectivity index (χ1) is 11.2. The number of hydrogen-bond donors (Lipinski definition) is 2. The van der Waals surface area contributed by atoms with Gasteiger partial charge in [-0.25, -0.2) is 0 Å². The van der Waals surface area contributed by atoms with Crippen LogP contribution >= 0.6 is 23.6 Å². The molecule has 0 atom stereocenters. The lowest BCUT2D eigenvalue weighted by atomic mass is 10.1. The molecule has 3 aromatic rings. The Morgan fingerprint density at radius 2 is 2.09 bits per heavy atom. The van der Waals surface area contributed by atoms with Crippen molar-refractivity contribution in [3.63, 3.8) is 0 Å². The molecule has 0 aliphatic rings. The summed E-state index contributed by atoms with van der Waals surface area (Å²) in [5.41, 5.74) is 3.84. The minimum atomic E-state index is 0.802. The average molecular weight is 344 g/mol. The summed E-state index contributed by atoms with van der Waals surface area (Å²) in [6.45, 7) is 3.91. The van der Waals surface area contributed by atoms with Gasteiger partial charge in [-0.1, -0.05) is 24.3 Å². The second-order valence-corrected chi connectivity index (χ2v) is 7.00. The molecule has 2 N–H and O–H groups in total. The third-order valence-corrected chi connectivity index (χ3v) is 5.41. The van der Waals surface area contributed by atoms with Crippen LogP contribution in [0.2, 0.25) is 0 Å². The van der Waals surface area contributed by atoms with Crippen molar-refractivity contribution >= 4 is 39.6 Å². The predicted molar refractivity (Wildman–Crippen MR) is 103 cm³/mol. The molecule has 23 heavy (non-hydrogen) atoms. The molecule has 0 saturated heterocycles. The second kappa shape index (κ2) is 7.15. The molecule has 120 valence electrons. The van der Waals surface area contributed by atoms with Crippen molar-refractivity contribution in [1.29, 1.82) is 0 Å². The van der Waals surface area contributed by atoms with E-state index in [1.807, 2.05) is 7.05 Å². The van der Waals surface area contributed by atoms with Crippen LogP contribution in [0.1, 0.15) is 16.1 Å². The quantitative estimate of drug-likeness (QED) is 0.684. The number of rotatable bonds is 5. The van der Waals surface area contributed by atoms with E-state index in [0.717, 1.165) is 24.6 Å². The Balaban J connectivity index is 1.77. The second-order valence-electron chi connectivity index (χ2n) is 5.58. The fourth-order valence-electron chi connectivity index (χ4n) is 2.90. The third-order valence-electron chi connectivity index (χ3n) is 4.09. The molecule has 0 aliphatic heterocycles. The minimum absolute atomic E-state index is 0.802. The number of thiophene rings is 1. The van der Waals surface area contributed by atoms with Gasteiger partial charge < -0.3 is 15.2 Å². The number of fused-ring (bicyclic) bond motifs is 1. The van der Waals surface area contributed by atoms with Gasteiger partial charge in [0.15, 0.2) is 5.11 Å². The Morgan fingerprint density at radius 1 is 1.26 bits per heavy atom. The molecule has 5 heteroatoms. The molecule has 0 fully saturated rings. The van der Waals surface area contributed by atoms with Gasteiger partial charge in [0.1, 0.15) is 0 Å². The van der Waals surface area contributed by atoms with Crippen LogP contribution < -0.4 is 5.32 Å². The van der Waals surface area contributed by atoms with Crippen molar-refractivity contribution in [3.05, 3.63) is 57.9 Å². The Hall–Kier alpha value is -1.85. The van der Waals surface area contributed by atoms with Crippen LogP contribution in [0, 0.1) is 6.92 Å². The van der Waals surface area contributed by atoms with E-state index in [1.54, 1.807) is 11.3 Å². The van der Waals surface area contributed by atoms with Crippen molar-refractivity contribution in [1.82, 2.24) is 15.2 Å². The monoisotopic (exact) mass is 343 g/mol. The van der Waals surface area contributed by atoms with E-state index in [1.165, 1.54) is 27.0 Å². The standard InChI is InChI=1S/C18H21N3S2/c1-13-15(16-7-3-4-8-17(16)20-13)9-10-21(18(22)19-2)12-14-6-5-11-23-14/h3-8,11,20H,9-10,12H2,1-2H3,(H,19,22). The van der Waals surface area contributed by atoms with Gasteiger partial charge in [-0.15, -0.1) is 11.3 Å². The van der Waals surface area contributed by atoms with Crippen LogP contribution in [0.4, 0.5) is 0 Å². The number of hydrogen-bond acceptors (Lipinski definition) is 2. The molecular formula is C18H21N3S2. The zero-order chi connectivity index (χ0) is 16.2. The number of aromatic nitrogens is 1. The molecule has 3 nitrogen and oxygen atoms in total. The number of para-hydroxylation sites is 1. The normalized spacial score (nSPS) is 10.9. The molecule has 0 bridgehead atoms. The third kappa shape index (κ3) is 3.57. The molecule has 0 unspecified atom stereocenters. The van der Waals surface area contributed by atoms with Gasteiger partial charge in [0.05, 0.1) is 6.54 Å². The highest BCUT2D eigenvalue weighted by Gasteiger charge is 2.13. The first-order valence-corrected chi connectivity index (χ1v) is 9.03. The van der Waals surface area contributed by atoms with Gasteiger partial charge in [0, 0.05) is 35.1 Å². The Labute approximate surface area is 146 Å². The zero-order valence-electron chi connectivity index (χ0n) is 13.4. The summed E-state index contributed by atoms with van der Waals surface area (Å²) in [5.74, 6) is 0. The molecule has 0 radical (unpaired) electrons. The van der Waals surface area contributed by atoms with Crippen molar-refractivity contribution in [2.75, 3.05) is 13.6 Å². The number of aromatic amines is 1. The van der Waals surface area contributed by atoms with Crippen LogP contribution in [0.15, 0.2) is 41.8 Å². The number of nitrogens with one attached hydrogen (secondary N) is 2. The van der Waals surface area contributed by atoms with Crippen molar-refractivity contribution in [2.45, 2.75) is 19.9 Å². The molecular weight excluding hydrogens is 322 g/mol. The first kappa shape index (κ1) is 16.0. The van der Waals surface area contributed by atoms with Crippen molar-refractivity contribution in [3.8, 4) is 0 Å². The fourth-order valence-corrected chi connectivity index (χ4v) is 3.78. The molecule has 0 spiro atoms. The first-order valence-electron chi connectivity index (χ1n) is 7.74. The summed E-state index contributed by atoms with van der Waals surface area (Å²) in [6.07, 6.45) is 0.975. The highest BCUT2D eigenvalue weighted by atomic mass is 32.1. The van der Waals surface area contributed by atoms with Gasteiger partial charge >= 0.3 is 0 Å². The van der Waals surface area contributed by atoms with Gasteiger partial charge in [-0.2, -0.15) is 0 Å². The lowest BCUT2D eigenvalue weighted by molar-refractivity contribution is 0.416. The van der Waals surface area contributed by atoms with Crippen molar-refractivity contribution < 1.29 is 0 Å². The van der Waals surface area contributed by atoms with E-state index in [2.05, 4.69) is 63.9 Å². The summed E-state index contributed by atoms with van der Waals surface area (Å²) in [4.78, 5) is 7.04. The van der Waals surface area contributed by atoms with E-state index in [4.69, 9.17) is 12.2 Å². The van der Waals surface area contributed by atoms with Crippen molar-refractivity contribution in [2.24, 2.45) is 0 Å². The molecule has 2 heterocycles. The number of H-pyrrole nitrogens is 1. The van der Waals surface area contributed by atoms with Crippen LogP contribution in [0.3, 0.4) is 0 Å².